The molecule has 1 fully saturated rings. The summed E-state index contributed by atoms with van der Waals surface area (Å²) in [6.07, 6.45) is 13.7. The van der Waals surface area contributed by atoms with Gasteiger partial charge in [-0.15, -0.1) is 0 Å². The number of nitrogen functional groups attached to an aromatic ring is 2. The van der Waals surface area contributed by atoms with Gasteiger partial charge in [-0.2, -0.15) is 0 Å². The van der Waals surface area contributed by atoms with Crippen LogP contribution >= 0.6 is 0 Å². The maximum Gasteiger partial charge on any atom is 0.130 e. The second-order valence-electron chi connectivity index (χ2n) is 14.4. The fourth-order valence-electron chi connectivity index (χ4n) is 7.70. The fourth-order valence-corrected chi connectivity index (χ4v) is 7.70. The minimum Gasteiger partial charge on any atom is -0.457 e. The van der Waals surface area contributed by atoms with Gasteiger partial charge in [-0.25, -0.2) is 0 Å². The second-order valence-corrected chi connectivity index (χ2v) is 14.4. The molecule has 1 saturated carbocycles. The molecule has 50 heavy (non-hydrogen) atoms. The zero-order chi connectivity index (χ0) is 34.9. The molecule has 0 aromatic heterocycles. The molecule has 4 N–H and O–H groups in total. The van der Waals surface area contributed by atoms with Crippen LogP contribution in [0.15, 0.2) is 109 Å². The first-order valence-corrected chi connectivity index (χ1v) is 18.7. The van der Waals surface area contributed by atoms with Gasteiger partial charge in [-0.3, -0.25) is 0 Å². The molecular formula is C46H54N2O2. The monoisotopic (exact) mass is 666 g/mol. The molecular weight excluding hydrogens is 613 g/mol. The second kappa shape index (κ2) is 16.3. The molecule has 0 spiro atoms. The van der Waals surface area contributed by atoms with Gasteiger partial charge in [0.05, 0.1) is 0 Å². The molecule has 5 aromatic carbocycles. The molecule has 0 saturated heterocycles. The largest absolute Gasteiger partial charge is 0.457 e. The van der Waals surface area contributed by atoms with Crippen LogP contribution in [-0.4, -0.2) is 0 Å². The number of benzene rings is 5. The first-order valence-electron chi connectivity index (χ1n) is 18.7. The highest BCUT2D eigenvalue weighted by molar-refractivity contribution is 5.51. The summed E-state index contributed by atoms with van der Waals surface area (Å²) in [4.78, 5) is 0. The Labute approximate surface area is 299 Å². The summed E-state index contributed by atoms with van der Waals surface area (Å²) in [6.45, 7) is 6.58. The van der Waals surface area contributed by atoms with E-state index in [0.29, 0.717) is 5.92 Å². The third-order valence-corrected chi connectivity index (χ3v) is 10.8. The lowest BCUT2D eigenvalue weighted by Gasteiger charge is -2.42. The average molecular weight is 667 g/mol. The molecule has 4 heteroatoms. The van der Waals surface area contributed by atoms with Gasteiger partial charge in [0.2, 0.25) is 0 Å². The molecule has 0 bridgehead atoms. The number of hydrogen-bond acceptors (Lipinski definition) is 4. The quantitative estimate of drug-likeness (QED) is 0.0914. The lowest BCUT2D eigenvalue weighted by Crippen LogP contribution is -2.33. The zero-order valence-corrected chi connectivity index (χ0v) is 30.2. The summed E-state index contributed by atoms with van der Waals surface area (Å²) in [5.41, 5.74) is 21.1. The zero-order valence-electron chi connectivity index (χ0n) is 30.2. The molecule has 260 valence electrons. The van der Waals surface area contributed by atoms with Crippen LogP contribution in [0.4, 0.5) is 11.4 Å². The van der Waals surface area contributed by atoms with E-state index in [4.69, 9.17) is 20.9 Å². The van der Waals surface area contributed by atoms with E-state index in [0.717, 1.165) is 71.2 Å². The fraction of sp³-hybridized carbons (Fsp3) is 0.348. The Morgan fingerprint density at radius 1 is 0.580 bits per heavy atom. The van der Waals surface area contributed by atoms with Crippen molar-refractivity contribution in [2.24, 2.45) is 0 Å². The van der Waals surface area contributed by atoms with Gasteiger partial charge in [-0.05, 0) is 152 Å². The highest BCUT2D eigenvalue weighted by Crippen LogP contribution is 2.50. The van der Waals surface area contributed by atoms with Gasteiger partial charge in [0.25, 0.3) is 0 Å². The highest BCUT2D eigenvalue weighted by Gasteiger charge is 2.39. The normalized spacial score (nSPS) is 14.4. The van der Waals surface area contributed by atoms with Crippen LogP contribution in [0.5, 0.6) is 23.0 Å². The number of hydrogen-bond donors (Lipinski definition) is 2. The lowest BCUT2D eigenvalue weighted by atomic mass is 9.62. The van der Waals surface area contributed by atoms with Crippen molar-refractivity contribution in [3.05, 3.63) is 143 Å². The molecule has 6 rings (SSSR count). The highest BCUT2D eigenvalue weighted by atomic mass is 16.5. The Balaban J connectivity index is 1.22. The number of rotatable bonds is 14. The Morgan fingerprint density at radius 3 is 1.54 bits per heavy atom. The Hall–Kier alpha value is -4.70. The molecule has 0 atom stereocenters. The van der Waals surface area contributed by atoms with E-state index in [1.54, 1.807) is 0 Å². The average Bonchev–Trinajstić information content (AvgIpc) is 3.13. The van der Waals surface area contributed by atoms with Crippen LogP contribution in [-0.2, 0) is 11.8 Å². The summed E-state index contributed by atoms with van der Waals surface area (Å²) in [6, 6.07) is 38.3. The van der Waals surface area contributed by atoms with Gasteiger partial charge in [0.15, 0.2) is 0 Å². The SMILES string of the molecule is CCCCCCCCc1ccc(C2CCC(c3ccc(Oc4ccc(N)cc4)c(C)c3)(c3ccc(Oc4ccc(N)cc4)c(C)c3)CC2)cc1. The molecule has 1 aliphatic carbocycles. The predicted molar refractivity (Wildman–Crippen MR) is 210 cm³/mol. The summed E-state index contributed by atoms with van der Waals surface area (Å²) in [5.74, 6) is 3.87. The molecule has 0 amide bonds. The van der Waals surface area contributed by atoms with Gasteiger partial charge in [-0.1, -0.05) is 87.6 Å². The Kier molecular flexibility index (Phi) is 11.5. The van der Waals surface area contributed by atoms with Gasteiger partial charge in [0.1, 0.15) is 23.0 Å². The summed E-state index contributed by atoms with van der Waals surface area (Å²) < 4.78 is 12.6. The minimum absolute atomic E-state index is 0.108. The van der Waals surface area contributed by atoms with E-state index >= 15 is 0 Å². The van der Waals surface area contributed by atoms with Crippen LogP contribution in [0.3, 0.4) is 0 Å². The van der Waals surface area contributed by atoms with Crippen LogP contribution in [0.2, 0.25) is 0 Å². The van der Waals surface area contributed by atoms with E-state index in [2.05, 4.69) is 81.4 Å². The summed E-state index contributed by atoms with van der Waals surface area (Å²) in [7, 11) is 0. The first-order chi connectivity index (χ1) is 24.3. The van der Waals surface area contributed by atoms with Gasteiger partial charge in [0, 0.05) is 16.8 Å². The maximum absolute atomic E-state index is 6.29. The van der Waals surface area contributed by atoms with E-state index in [1.807, 2.05) is 48.5 Å². The molecule has 1 aliphatic rings. The maximum atomic E-state index is 6.29. The molecule has 0 aliphatic heterocycles. The van der Waals surface area contributed by atoms with Crippen LogP contribution in [0, 0.1) is 13.8 Å². The van der Waals surface area contributed by atoms with Crippen molar-refractivity contribution in [1.82, 2.24) is 0 Å². The van der Waals surface area contributed by atoms with Crippen molar-refractivity contribution in [2.75, 3.05) is 11.5 Å². The minimum atomic E-state index is -0.108. The Morgan fingerprint density at radius 2 is 1.06 bits per heavy atom. The van der Waals surface area contributed by atoms with E-state index in [9.17, 15) is 0 Å². The standard InChI is InChI=1S/C46H54N2O2/c1-4-5-6-7-8-9-10-35-11-13-36(14-12-35)37-27-29-46(30-28-37,38-15-25-44(33(2)31-38)49-42-21-17-40(47)18-22-42)39-16-26-45(34(3)32-39)50-43-23-19-41(48)20-24-43/h11-26,31-32,37H,4-10,27-30,47-48H2,1-3H3. The van der Waals surface area contributed by atoms with E-state index in [1.165, 1.54) is 67.2 Å². The van der Waals surface area contributed by atoms with Crippen LogP contribution in [0.25, 0.3) is 0 Å². The molecule has 0 heterocycles. The number of unbranched alkanes of at least 4 members (excludes halogenated alkanes) is 5. The molecule has 5 aromatic rings. The van der Waals surface area contributed by atoms with Crippen molar-refractivity contribution >= 4 is 11.4 Å². The molecule has 0 unspecified atom stereocenters. The lowest BCUT2D eigenvalue weighted by molar-refractivity contribution is 0.314. The van der Waals surface area contributed by atoms with Crippen molar-refractivity contribution in [3.63, 3.8) is 0 Å². The van der Waals surface area contributed by atoms with Gasteiger partial charge >= 0.3 is 0 Å². The number of anilines is 2. The number of aryl methyl sites for hydroxylation is 3. The Bertz CT molecular complexity index is 1720. The van der Waals surface area contributed by atoms with Crippen LogP contribution < -0.4 is 20.9 Å². The topological polar surface area (TPSA) is 70.5 Å². The first kappa shape index (κ1) is 35.1. The molecule has 4 nitrogen and oxygen atoms in total. The van der Waals surface area contributed by atoms with Crippen molar-refractivity contribution in [2.45, 2.75) is 103 Å². The third-order valence-electron chi connectivity index (χ3n) is 10.8. The summed E-state index contributed by atoms with van der Waals surface area (Å²) in [5, 5.41) is 0. The van der Waals surface area contributed by atoms with E-state index in [-0.39, 0.29) is 5.41 Å². The van der Waals surface area contributed by atoms with Crippen molar-refractivity contribution < 1.29 is 9.47 Å². The van der Waals surface area contributed by atoms with Crippen molar-refractivity contribution in [1.29, 1.82) is 0 Å². The predicted octanol–water partition coefficient (Wildman–Crippen LogP) is 12.6. The van der Waals surface area contributed by atoms with E-state index < -0.39 is 0 Å². The molecule has 0 radical (unpaired) electrons. The number of ether oxygens (including phenoxy) is 2. The van der Waals surface area contributed by atoms with Gasteiger partial charge < -0.3 is 20.9 Å². The number of nitrogens with two attached hydrogens (primary N) is 2. The summed E-state index contributed by atoms with van der Waals surface area (Å²) >= 11 is 0. The van der Waals surface area contributed by atoms with Crippen molar-refractivity contribution in [3.8, 4) is 23.0 Å². The van der Waals surface area contributed by atoms with Crippen LogP contribution in [0.1, 0.15) is 110 Å². The smallest absolute Gasteiger partial charge is 0.130 e. The third kappa shape index (κ3) is 8.53.